The lowest BCUT2D eigenvalue weighted by Gasteiger charge is -2.13. The lowest BCUT2D eigenvalue weighted by atomic mass is 9.93. The van der Waals surface area contributed by atoms with Crippen molar-refractivity contribution < 1.29 is 4.79 Å². The molecule has 1 nitrogen and oxygen atoms in total. The first kappa shape index (κ1) is 8.02. The van der Waals surface area contributed by atoms with Crippen LogP contribution < -0.4 is 0 Å². The van der Waals surface area contributed by atoms with E-state index in [2.05, 4.69) is 12.6 Å². The van der Waals surface area contributed by atoms with E-state index < -0.39 is 0 Å². The van der Waals surface area contributed by atoms with Crippen LogP contribution in [0.5, 0.6) is 0 Å². The summed E-state index contributed by atoms with van der Waals surface area (Å²) in [6.07, 6.45) is 0.552. The molecule has 0 N–H and O–H groups in total. The summed E-state index contributed by atoms with van der Waals surface area (Å²) in [4.78, 5) is 10.3. The van der Waals surface area contributed by atoms with Crippen molar-refractivity contribution in [3.8, 4) is 0 Å². The molecule has 0 radical (unpaired) electrons. The van der Waals surface area contributed by atoms with Gasteiger partial charge in [-0.1, -0.05) is 20.8 Å². The van der Waals surface area contributed by atoms with Crippen molar-refractivity contribution in [3.63, 3.8) is 0 Å². The number of hydrogen-bond donors (Lipinski definition) is 1. The van der Waals surface area contributed by atoms with Gasteiger partial charge in [-0.3, -0.25) is 4.79 Å². The Kier molecular flexibility index (Phi) is 2.54. The summed E-state index contributed by atoms with van der Waals surface area (Å²) in [7, 11) is 0. The van der Waals surface area contributed by atoms with E-state index in [0.717, 1.165) is 0 Å². The van der Waals surface area contributed by atoms with Crippen LogP contribution in [0.1, 0.15) is 27.2 Å². The summed E-state index contributed by atoms with van der Waals surface area (Å²) >= 11 is 3.65. The van der Waals surface area contributed by atoms with Crippen molar-refractivity contribution in [2.75, 3.05) is 0 Å². The van der Waals surface area contributed by atoms with Gasteiger partial charge in [-0.15, -0.1) is 12.6 Å². The Morgan fingerprint density at radius 2 is 1.88 bits per heavy atom. The van der Waals surface area contributed by atoms with Crippen LogP contribution in [0.4, 0.5) is 0 Å². The number of thiol groups is 1. The van der Waals surface area contributed by atoms with Crippen molar-refractivity contribution >= 4 is 17.7 Å². The Bertz CT molecular complexity index is 91.2. The summed E-state index contributed by atoms with van der Waals surface area (Å²) in [5.41, 5.74) is 0.0961. The van der Waals surface area contributed by atoms with E-state index in [9.17, 15) is 4.79 Å². The molecule has 0 aliphatic carbocycles. The summed E-state index contributed by atoms with van der Waals surface area (Å²) in [6, 6.07) is 0. The minimum absolute atomic E-state index is 0.0301. The van der Waals surface area contributed by atoms with Gasteiger partial charge in [0.15, 0.2) is 5.12 Å². The van der Waals surface area contributed by atoms with Crippen LogP contribution in [0.3, 0.4) is 0 Å². The van der Waals surface area contributed by atoms with Gasteiger partial charge in [-0.25, -0.2) is 0 Å². The average molecular weight is 132 g/mol. The van der Waals surface area contributed by atoms with Crippen molar-refractivity contribution in [1.82, 2.24) is 0 Å². The molecular formula is C6H12OS. The highest BCUT2D eigenvalue weighted by Gasteiger charge is 2.12. The molecule has 0 fully saturated rings. The predicted octanol–water partition coefficient (Wildman–Crippen LogP) is 1.88. The fourth-order valence-corrected chi connectivity index (χ4v) is 0.928. The Balaban J connectivity index is 3.55. The van der Waals surface area contributed by atoms with E-state index in [1.807, 2.05) is 20.8 Å². The highest BCUT2D eigenvalue weighted by atomic mass is 32.1. The molecule has 0 aliphatic heterocycles. The number of carbonyl (C=O) groups is 1. The summed E-state index contributed by atoms with van der Waals surface area (Å²) in [5.74, 6) is 0. The zero-order valence-corrected chi connectivity index (χ0v) is 6.46. The minimum atomic E-state index is -0.0301. The molecule has 0 spiro atoms. The van der Waals surface area contributed by atoms with Gasteiger partial charge in [0.05, 0.1) is 0 Å². The molecule has 48 valence electrons. The van der Waals surface area contributed by atoms with Gasteiger partial charge in [0.1, 0.15) is 0 Å². The van der Waals surface area contributed by atoms with E-state index in [1.165, 1.54) is 0 Å². The lowest BCUT2D eigenvalue weighted by Crippen LogP contribution is -2.08. The maximum atomic E-state index is 10.3. The van der Waals surface area contributed by atoms with Gasteiger partial charge in [0, 0.05) is 6.42 Å². The number of carbonyl (C=O) groups excluding carboxylic acids is 1. The van der Waals surface area contributed by atoms with Gasteiger partial charge in [-0.05, 0) is 5.41 Å². The standard InChI is InChI=1S/C6H12OS/c1-6(2,3)4-5(7)8/h4H2,1-3H3,(H,7,8). The molecule has 0 aromatic carbocycles. The van der Waals surface area contributed by atoms with Crippen LogP contribution in [0.2, 0.25) is 0 Å². The minimum Gasteiger partial charge on any atom is -0.287 e. The maximum Gasteiger partial charge on any atom is 0.186 e. The van der Waals surface area contributed by atoms with Gasteiger partial charge >= 0.3 is 0 Å². The van der Waals surface area contributed by atoms with Gasteiger partial charge in [-0.2, -0.15) is 0 Å². The largest absolute Gasteiger partial charge is 0.287 e. The van der Waals surface area contributed by atoms with E-state index in [0.29, 0.717) is 6.42 Å². The van der Waals surface area contributed by atoms with Gasteiger partial charge in [0.25, 0.3) is 0 Å². The lowest BCUT2D eigenvalue weighted by molar-refractivity contribution is -0.112. The first-order chi connectivity index (χ1) is 3.42. The third kappa shape index (κ3) is 6.02. The highest BCUT2D eigenvalue weighted by Crippen LogP contribution is 2.18. The number of hydrogen-bond acceptors (Lipinski definition) is 1. The number of rotatable bonds is 1. The zero-order valence-electron chi connectivity index (χ0n) is 5.56. The molecule has 0 atom stereocenters. The maximum absolute atomic E-state index is 10.3. The van der Waals surface area contributed by atoms with Crippen molar-refractivity contribution in [2.24, 2.45) is 5.41 Å². The zero-order chi connectivity index (χ0) is 6.78. The quantitative estimate of drug-likeness (QED) is 0.539. The smallest absolute Gasteiger partial charge is 0.186 e. The average Bonchev–Trinajstić information content (AvgIpc) is 1.21. The Hall–Kier alpha value is 0.0200. The molecule has 0 aromatic heterocycles. The molecule has 2 heteroatoms. The first-order valence-corrected chi connectivity index (χ1v) is 3.08. The molecule has 0 rings (SSSR count). The molecule has 0 amide bonds. The topological polar surface area (TPSA) is 17.1 Å². The third-order valence-corrected chi connectivity index (χ3v) is 0.840. The molecule has 0 aliphatic rings. The van der Waals surface area contributed by atoms with Crippen LogP contribution >= 0.6 is 12.6 Å². The fourth-order valence-electron chi connectivity index (χ4n) is 0.454. The summed E-state index contributed by atoms with van der Waals surface area (Å²) in [6.45, 7) is 6.04. The molecule has 0 saturated heterocycles. The van der Waals surface area contributed by atoms with Gasteiger partial charge in [0.2, 0.25) is 0 Å². The second-order valence-electron chi connectivity index (χ2n) is 3.13. The normalized spacial score (nSPS) is 11.5. The molecule has 0 unspecified atom stereocenters. The Morgan fingerprint density at radius 3 is 1.88 bits per heavy atom. The molecule has 0 saturated carbocycles. The van der Waals surface area contributed by atoms with Crippen LogP contribution in [0.15, 0.2) is 0 Å². The highest BCUT2D eigenvalue weighted by molar-refractivity contribution is 7.96. The molecule has 0 heterocycles. The predicted molar refractivity (Wildman–Crippen MR) is 38.1 cm³/mol. The molecule has 0 bridgehead atoms. The SMILES string of the molecule is CC(C)(C)CC(=O)S. The second-order valence-corrected chi connectivity index (χ2v) is 3.63. The Labute approximate surface area is 55.9 Å². The summed E-state index contributed by atoms with van der Waals surface area (Å²) in [5, 5.41) is -0.0301. The second kappa shape index (κ2) is 2.53. The van der Waals surface area contributed by atoms with Crippen LogP contribution in [0, 0.1) is 5.41 Å². The summed E-state index contributed by atoms with van der Waals surface area (Å²) < 4.78 is 0. The monoisotopic (exact) mass is 132 g/mol. The third-order valence-electron chi connectivity index (χ3n) is 0.682. The van der Waals surface area contributed by atoms with Gasteiger partial charge < -0.3 is 0 Å². The van der Waals surface area contributed by atoms with Crippen LogP contribution in [0.25, 0.3) is 0 Å². The van der Waals surface area contributed by atoms with E-state index >= 15 is 0 Å². The molecular weight excluding hydrogens is 120 g/mol. The molecule has 8 heavy (non-hydrogen) atoms. The van der Waals surface area contributed by atoms with Crippen molar-refractivity contribution in [3.05, 3.63) is 0 Å². The van der Waals surface area contributed by atoms with Crippen molar-refractivity contribution in [1.29, 1.82) is 0 Å². The van der Waals surface area contributed by atoms with E-state index in [1.54, 1.807) is 0 Å². The fraction of sp³-hybridized carbons (Fsp3) is 0.833. The first-order valence-electron chi connectivity index (χ1n) is 2.63. The van der Waals surface area contributed by atoms with E-state index in [4.69, 9.17) is 0 Å². The van der Waals surface area contributed by atoms with Crippen molar-refractivity contribution in [2.45, 2.75) is 27.2 Å². The van der Waals surface area contributed by atoms with Crippen LogP contribution in [-0.2, 0) is 4.79 Å². The van der Waals surface area contributed by atoms with E-state index in [-0.39, 0.29) is 10.5 Å². The Morgan fingerprint density at radius 1 is 1.50 bits per heavy atom. The van der Waals surface area contributed by atoms with Crippen LogP contribution in [-0.4, -0.2) is 5.12 Å². The molecule has 0 aromatic rings.